The topological polar surface area (TPSA) is 23.6 Å². The minimum absolute atomic E-state index is 0.0969. The molecular formula is C25H25FN2OS. The number of rotatable bonds is 6. The van der Waals surface area contributed by atoms with Crippen molar-refractivity contribution in [3.8, 4) is 0 Å². The van der Waals surface area contributed by atoms with Crippen LogP contribution in [0, 0.1) is 5.82 Å². The third-order valence-corrected chi connectivity index (χ3v) is 7.12. The van der Waals surface area contributed by atoms with Gasteiger partial charge in [0.25, 0.3) is 0 Å². The SMILES string of the molecule is O=C(CN1CCc2sccc2C1c1ccccc1)N(Cc1ccccc1F)C1CC1. The van der Waals surface area contributed by atoms with Gasteiger partial charge in [-0.1, -0.05) is 48.5 Å². The fourth-order valence-corrected chi connectivity index (χ4v) is 5.35. The van der Waals surface area contributed by atoms with E-state index in [0.29, 0.717) is 18.7 Å². The molecule has 1 aliphatic carbocycles. The van der Waals surface area contributed by atoms with Crippen LogP contribution in [-0.4, -0.2) is 34.8 Å². The van der Waals surface area contributed by atoms with E-state index in [4.69, 9.17) is 0 Å². The van der Waals surface area contributed by atoms with Gasteiger partial charge in [-0.05, 0) is 47.9 Å². The highest BCUT2D eigenvalue weighted by atomic mass is 32.1. The second kappa shape index (κ2) is 8.32. The molecule has 3 nitrogen and oxygen atoms in total. The summed E-state index contributed by atoms with van der Waals surface area (Å²) in [5, 5.41) is 2.15. The van der Waals surface area contributed by atoms with Gasteiger partial charge in [0.05, 0.1) is 12.6 Å². The Morgan fingerprint density at radius 1 is 1.07 bits per heavy atom. The van der Waals surface area contributed by atoms with E-state index in [0.717, 1.165) is 25.8 Å². The van der Waals surface area contributed by atoms with E-state index >= 15 is 0 Å². The number of amides is 1. The van der Waals surface area contributed by atoms with Crippen LogP contribution in [0.25, 0.3) is 0 Å². The lowest BCUT2D eigenvalue weighted by atomic mass is 9.93. The van der Waals surface area contributed by atoms with E-state index in [1.807, 2.05) is 17.0 Å². The summed E-state index contributed by atoms with van der Waals surface area (Å²) < 4.78 is 14.2. The molecule has 0 bridgehead atoms. The largest absolute Gasteiger partial charge is 0.334 e. The third-order valence-electron chi connectivity index (χ3n) is 6.13. The van der Waals surface area contributed by atoms with Gasteiger partial charge in [0, 0.05) is 29.6 Å². The predicted octanol–water partition coefficient (Wildman–Crippen LogP) is 5.03. The maximum atomic E-state index is 14.2. The average molecular weight is 421 g/mol. The van der Waals surface area contributed by atoms with Crippen molar-refractivity contribution in [2.24, 2.45) is 0 Å². The maximum Gasteiger partial charge on any atom is 0.237 e. The summed E-state index contributed by atoms with van der Waals surface area (Å²) in [6.07, 6.45) is 2.99. The zero-order chi connectivity index (χ0) is 20.5. The Morgan fingerprint density at radius 3 is 2.60 bits per heavy atom. The molecule has 1 unspecified atom stereocenters. The van der Waals surface area contributed by atoms with Crippen LogP contribution in [0.2, 0.25) is 0 Å². The van der Waals surface area contributed by atoms with Crippen LogP contribution in [0.5, 0.6) is 0 Å². The lowest BCUT2D eigenvalue weighted by Crippen LogP contribution is -2.45. The van der Waals surface area contributed by atoms with Gasteiger partial charge in [-0.2, -0.15) is 0 Å². The fraction of sp³-hybridized carbons (Fsp3) is 0.320. The van der Waals surface area contributed by atoms with Crippen molar-refractivity contribution in [3.63, 3.8) is 0 Å². The number of benzene rings is 2. The second-order valence-corrected chi connectivity index (χ2v) is 9.18. The summed E-state index contributed by atoms with van der Waals surface area (Å²) in [4.78, 5) is 19.0. The van der Waals surface area contributed by atoms with E-state index in [2.05, 4.69) is 40.6 Å². The van der Waals surface area contributed by atoms with Crippen LogP contribution < -0.4 is 0 Å². The zero-order valence-corrected chi connectivity index (χ0v) is 17.7. The van der Waals surface area contributed by atoms with Crippen LogP contribution in [0.3, 0.4) is 0 Å². The lowest BCUT2D eigenvalue weighted by Gasteiger charge is -2.37. The summed E-state index contributed by atoms with van der Waals surface area (Å²) in [5.41, 5.74) is 3.13. The Morgan fingerprint density at radius 2 is 1.83 bits per heavy atom. The Kier molecular flexibility index (Phi) is 5.40. The lowest BCUT2D eigenvalue weighted by molar-refractivity contribution is -0.134. The summed E-state index contributed by atoms with van der Waals surface area (Å²) >= 11 is 1.81. The minimum Gasteiger partial charge on any atom is -0.334 e. The Hall–Kier alpha value is -2.50. The van der Waals surface area contributed by atoms with E-state index < -0.39 is 0 Å². The highest BCUT2D eigenvalue weighted by molar-refractivity contribution is 7.10. The van der Waals surface area contributed by atoms with Crippen molar-refractivity contribution >= 4 is 17.2 Å². The molecule has 2 heterocycles. The minimum atomic E-state index is -0.237. The second-order valence-electron chi connectivity index (χ2n) is 8.18. The molecule has 5 rings (SSSR count). The third kappa shape index (κ3) is 3.92. The number of hydrogen-bond donors (Lipinski definition) is 0. The molecule has 3 aromatic rings. The molecule has 0 saturated heterocycles. The van der Waals surface area contributed by atoms with Gasteiger partial charge in [0.15, 0.2) is 0 Å². The van der Waals surface area contributed by atoms with E-state index in [1.54, 1.807) is 23.5 Å². The molecule has 1 amide bonds. The summed E-state index contributed by atoms with van der Waals surface area (Å²) in [5.74, 6) is -0.139. The molecule has 0 radical (unpaired) electrons. The van der Waals surface area contributed by atoms with E-state index in [9.17, 15) is 9.18 Å². The van der Waals surface area contributed by atoms with Gasteiger partial charge in [-0.25, -0.2) is 4.39 Å². The van der Waals surface area contributed by atoms with Crippen molar-refractivity contribution in [2.45, 2.75) is 37.9 Å². The number of nitrogens with zero attached hydrogens (tertiary/aromatic N) is 2. The average Bonchev–Trinajstić information content (AvgIpc) is 3.49. The van der Waals surface area contributed by atoms with Gasteiger partial charge < -0.3 is 4.90 Å². The van der Waals surface area contributed by atoms with Crippen molar-refractivity contribution in [1.29, 1.82) is 0 Å². The fourth-order valence-electron chi connectivity index (χ4n) is 4.45. The highest BCUT2D eigenvalue weighted by Crippen LogP contribution is 2.38. The van der Waals surface area contributed by atoms with E-state index in [1.165, 1.54) is 22.1 Å². The van der Waals surface area contributed by atoms with Crippen molar-refractivity contribution in [3.05, 3.63) is 93.4 Å². The molecule has 5 heteroatoms. The molecule has 1 atom stereocenters. The molecule has 2 aromatic carbocycles. The number of carbonyl (C=O) groups is 1. The highest BCUT2D eigenvalue weighted by Gasteiger charge is 2.36. The normalized spacial score (nSPS) is 18.8. The summed E-state index contributed by atoms with van der Waals surface area (Å²) in [6.45, 7) is 1.57. The van der Waals surface area contributed by atoms with Crippen LogP contribution >= 0.6 is 11.3 Å². The summed E-state index contributed by atoms with van der Waals surface area (Å²) in [6, 6.07) is 19.8. The van der Waals surface area contributed by atoms with Crippen LogP contribution in [0.4, 0.5) is 4.39 Å². The van der Waals surface area contributed by atoms with Crippen LogP contribution in [-0.2, 0) is 17.8 Å². The van der Waals surface area contributed by atoms with Gasteiger partial charge in [-0.3, -0.25) is 9.69 Å². The Balaban J connectivity index is 1.39. The molecule has 2 aliphatic rings. The number of thiophene rings is 1. The van der Waals surface area contributed by atoms with Crippen molar-refractivity contribution in [1.82, 2.24) is 9.80 Å². The molecule has 1 saturated carbocycles. The first-order chi connectivity index (χ1) is 14.7. The first kappa shape index (κ1) is 19.5. The number of hydrogen-bond acceptors (Lipinski definition) is 3. The molecule has 0 spiro atoms. The van der Waals surface area contributed by atoms with E-state index in [-0.39, 0.29) is 23.8 Å². The van der Waals surface area contributed by atoms with Gasteiger partial charge in [0.1, 0.15) is 5.82 Å². The maximum absolute atomic E-state index is 14.2. The number of fused-ring (bicyclic) bond motifs is 1. The molecule has 1 aliphatic heterocycles. The monoisotopic (exact) mass is 420 g/mol. The van der Waals surface area contributed by atoms with Crippen molar-refractivity contribution < 1.29 is 9.18 Å². The van der Waals surface area contributed by atoms with Gasteiger partial charge in [0.2, 0.25) is 5.91 Å². The predicted molar refractivity (Wildman–Crippen MR) is 118 cm³/mol. The molecule has 154 valence electrons. The number of carbonyl (C=O) groups excluding carboxylic acids is 1. The molecule has 0 N–H and O–H groups in total. The first-order valence-corrected chi connectivity index (χ1v) is 11.5. The Bertz CT molecular complexity index is 1030. The van der Waals surface area contributed by atoms with Crippen molar-refractivity contribution in [2.75, 3.05) is 13.1 Å². The standard InChI is InChI=1S/C25H25FN2OS/c26-22-9-5-4-8-19(22)16-28(20-10-11-20)24(29)17-27-14-12-23-21(13-15-30-23)25(27)18-6-2-1-3-7-18/h1-9,13,15,20,25H,10-12,14,16-17H2. The van der Waals surface area contributed by atoms with Crippen LogP contribution in [0.15, 0.2) is 66.0 Å². The zero-order valence-electron chi connectivity index (χ0n) is 16.8. The first-order valence-electron chi connectivity index (χ1n) is 10.6. The molecule has 30 heavy (non-hydrogen) atoms. The van der Waals surface area contributed by atoms with Crippen LogP contribution in [0.1, 0.15) is 40.5 Å². The molecule has 1 fully saturated rings. The Labute approximate surface area is 180 Å². The molecular weight excluding hydrogens is 395 g/mol. The van der Waals surface area contributed by atoms with Gasteiger partial charge >= 0.3 is 0 Å². The smallest absolute Gasteiger partial charge is 0.237 e. The number of halogens is 1. The quantitative estimate of drug-likeness (QED) is 0.559. The van der Waals surface area contributed by atoms with Gasteiger partial charge in [-0.15, -0.1) is 11.3 Å². The summed E-state index contributed by atoms with van der Waals surface area (Å²) in [7, 11) is 0. The molecule has 1 aromatic heterocycles.